The molecule has 0 saturated carbocycles. The molecule has 0 heterocycles. The lowest BCUT2D eigenvalue weighted by Gasteiger charge is -2.07. The van der Waals surface area contributed by atoms with Crippen molar-refractivity contribution in [1.82, 2.24) is 10.6 Å². The fourth-order valence-electron chi connectivity index (χ4n) is 1.49. The normalized spacial score (nSPS) is 9.81. The number of nitrogens with one attached hydrogen (secondary N) is 2. The van der Waals surface area contributed by atoms with Gasteiger partial charge in [0.2, 0.25) is 5.91 Å². The third-order valence-corrected chi connectivity index (χ3v) is 2.45. The second-order valence-corrected chi connectivity index (χ2v) is 4.10. The van der Waals surface area contributed by atoms with Crippen molar-refractivity contribution in [3.63, 3.8) is 0 Å². The Morgan fingerprint density at radius 3 is 2.67 bits per heavy atom. The molecule has 2 N–H and O–H groups in total. The standard InChI is InChI=1S/C14H17FN2O4/c1-2-21-13(19)6-7-16-12(18)9-17-14(20)10-4-3-5-11(15)8-10/h3-5,8H,2,6-7,9H2,1H3,(H,16,18)(H,17,20). The monoisotopic (exact) mass is 296 g/mol. The van der Waals surface area contributed by atoms with Crippen LogP contribution in [0.3, 0.4) is 0 Å². The Kier molecular flexibility index (Phi) is 6.86. The van der Waals surface area contributed by atoms with Gasteiger partial charge in [-0.05, 0) is 25.1 Å². The quantitative estimate of drug-likeness (QED) is 0.723. The molecule has 2 amide bonds. The molecular formula is C14H17FN2O4. The van der Waals surface area contributed by atoms with Crippen LogP contribution in [0.15, 0.2) is 24.3 Å². The molecule has 0 fully saturated rings. The van der Waals surface area contributed by atoms with Crippen LogP contribution >= 0.6 is 0 Å². The maximum absolute atomic E-state index is 12.9. The van der Waals surface area contributed by atoms with Gasteiger partial charge in [-0.1, -0.05) is 6.07 Å². The van der Waals surface area contributed by atoms with Crippen LogP contribution in [0, 0.1) is 5.82 Å². The minimum Gasteiger partial charge on any atom is -0.466 e. The van der Waals surface area contributed by atoms with Gasteiger partial charge in [-0.2, -0.15) is 0 Å². The number of amides is 2. The molecule has 0 unspecified atom stereocenters. The molecule has 0 aliphatic heterocycles. The van der Waals surface area contributed by atoms with E-state index in [1.54, 1.807) is 6.92 Å². The highest BCUT2D eigenvalue weighted by Gasteiger charge is 2.09. The van der Waals surface area contributed by atoms with Crippen molar-refractivity contribution >= 4 is 17.8 Å². The van der Waals surface area contributed by atoms with Crippen molar-refractivity contribution in [2.24, 2.45) is 0 Å². The number of ether oxygens (including phenoxy) is 1. The van der Waals surface area contributed by atoms with E-state index in [1.165, 1.54) is 18.2 Å². The van der Waals surface area contributed by atoms with E-state index >= 15 is 0 Å². The van der Waals surface area contributed by atoms with Crippen LogP contribution in [0.4, 0.5) is 4.39 Å². The first-order chi connectivity index (χ1) is 10.0. The molecule has 6 nitrogen and oxygen atoms in total. The van der Waals surface area contributed by atoms with E-state index in [9.17, 15) is 18.8 Å². The van der Waals surface area contributed by atoms with E-state index in [0.29, 0.717) is 0 Å². The summed E-state index contributed by atoms with van der Waals surface area (Å²) in [5.41, 5.74) is 0.134. The molecule has 1 rings (SSSR count). The molecule has 7 heteroatoms. The number of carbonyl (C=O) groups excluding carboxylic acids is 3. The third-order valence-electron chi connectivity index (χ3n) is 2.45. The van der Waals surface area contributed by atoms with Gasteiger partial charge in [-0.3, -0.25) is 14.4 Å². The predicted octanol–water partition coefficient (Wildman–Crippen LogP) is 0.625. The van der Waals surface area contributed by atoms with Crippen molar-refractivity contribution in [2.75, 3.05) is 19.7 Å². The first kappa shape index (κ1) is 16.6. The van der Waals surface area contributed by atoms with Crippen molar-refractivity contribution in [3.8, 4) is 0 Å². The van der Waals surface area contributed by atoms with Gasteiger partial charge >= 0.3 is 5.97 Å². The Morgan fingerprint density at radius 2 is 2.00 bits per heavy atom. The molecule has 0 aromatic heterocycles. The van der Waals surface area contributed by atoms with Gasteiger partial charge in [-0.25, -0.2) is 4.39 Å². The molecule has 0 bridgehead atoms. The summed E-state index contributed by atoms with van der Waals surface area (Å²) in [5.74, 6) is -1.91. The number of halogens is 1. The minimum atomic E-state index is -0.546. The van der Waals surface area contributed by atoms with Crippen LogP contribution in [0.5, 0.6) is 0 Å². The van der Waals surface area contributed by atoms with E-state index in [4.69, 9.17) is 4.74 Å². The van der Waals surface area contributed by atoms with E-state index in [2.05, 4.69) is 10.6 Å². The molecule has 0 spiro atoms. The zero-order valence-corrected chi connectivity index (χ0v) is 11.6. The van der Waals surface area contributed by atoms with E-state index < -0.39 is 23.6 Å². The molecule has 0 aliphatic rings. The van der Waals surface area contributed by atoms with Crippen LogP contribution in [-0.4, -0.2) is 37.5 Å². The summed E-state index contributed by atoms with van der Waals surface area (Å²) < 4.78 is 17.6. The summed E-state index contributed by atoms with van der Waals surface area (Å²) in [6.07, 6.45) is 0.0669. The summed E-state index contributed by atoms with van der Waals surface area (Å²) in [7, 11) is 0. The van der Waals surface area contributed by atoms with Crippen LogP contribution in [0.1, 0.15) is 23.7 Å². The van der Waals surface area contributed by atoms with Gasteiger partial charge < -0.3 is 15.4 Å². The molecule has 1 aromatic carbocycles. The van der Waals surface area contributed by atoms with Gasteiger partial charge in [0.05, 0.1) is 19.6 Å². The van der Waals surface area contributed by atoms with Crippen LogP contribution in [0.2, 0.25) is 0 Å². The highest BCUT2D eigenvalue weighted by molar-refractivity contribution is 5.96. The van der Waals surface area contributed by atoms with Crippen LogP contribution < -0.4 is 10.6 Å². The molecule has 0 aliphatic carbocycles. The summed E-state index contributed by atoms with van der Waals surface area (Å²) in [6, 6.07) is 5.15. The molecule has 114 valence electrons. The van der Waals surface area contributed by atoms with Gasteiger partial charge in [0.25, 0.3) is 5.91 Å². The average Bonchev–Trinajstić information content (AvgIpc) is 2.45. The van der Waals surface area contributed by atoms with Gasteiger partial charge in [0.15, 0.2) is 0 Å². The first-order valence-electron chi connectivity index (χ1n) is 6.49. The van der Waals surface area contributed by atoms with Gasteiger partial charge in [0, 0.05) is 12.1 Å². The lowest BCUT2D eigenvalue weighted by Crippen LogP contribution is -2.37. The Balaban J connectivity index is 2.27. The number of esters is 1. The number of carbonyl (C=O) groups is 3. The number of rotatable bonds is 7. The highest BCUT2D eigenvalue weighted by atomic mass is 19.1. The minimum absolute atomic E-state index is 0.0669. The van der Waals surface area contributed by atoms with Crippen LogP contribution in [0.25, 0.3) is 0 Å². The largest absolute Gasteiger partial charge is 0.466 e. The predicted molar refractivity (Wildman–Crippen MR) is 73.0 cm³/mol. The highest BCUT2D eigenvalue weighted by Crippen LogP contribution is 2.02. The smallest absolute Gasteiger partial charge is 0.307 e. The van der Waals surface area contributed by atoms with E-state index in [1.807, 2.05) is 0 Å². The van der Waals surface area contributed by atoms with Crippen molar-refractivity contribution < 1.29 is 23.5 Å². The summed E-state index contributed by atoms with van der Waals surface area (Å²) >= 11 is 0. The van der Waals surface area contributed by atoms with Crippen LogP contribution in [-0.2, 0) is 14.3 Å². The molecule has 0 atom stereocenters. The maximum Gasteiger partial charge on any atom is 0.307 e. The maximum atomic E-state index is 12.9. The molecule has 21 heavy (non-hydrogen) atoms. The average molecular weight is 296 g/mol. The molecule has 0 saturated heterocycles. The van der Waals surface area contributed by atoms with E-state index in [0.717, 1.165) is 6.07 Å². The fraction of sp³-hybridized carbons (Fsp3) is 0.357. The third kappa shape index (κ3) is 6.51. The lowest BCUT2D eigenvalue weighted by molar-refractivity contribution is -0.143. The van der Waals surface area contributed by atoms with Crippen molar-refractivity contribution in [3.05, 3.63) is 35.6 Å². The zero-order valence-electron chi connectivity index (χ0n) is 11.6. The fourth-order valence-corrected chi connectivity index (χ4v) is 1.49. The molecular weight excluding hydrogens is 279 g/mol. The topological polar surface area (TPSA) is 84.5 Å². The lowest BCUT2D eigenvalue weighted by atomic mass is 10.2. The zero-order chi connectivity index (χ0) is 15.7. The summed E-state index contributed by atoms with van der Waals surface area (Å²) in [4.78, 5) is 34.1. The summed E-state index contributed by atoms with van der Waals surface area (Å²) in [5, 5.41) is 4.82. The Hall–Kier alpha value is -2.44. The first-order valence-corrected chi connectivity index (χ1v) is 6.49. The van der Waals surface area contributed by atoms with Gasteiger partial charge in [0.1, 0.15) is 5.82 Å². The number of benzene rings is 1. The second kappa shape index (κ2) is 8.68. The van der Waals surface area contributed by atoms with Crippen molar-refractivity contribution in [2.45, 2.75) is 13.3 Å². The van der Waals surface area contributed by atoms with Gasteiger partial charge in [-0.15, -0.1) is 0 Å². The number of hydrogen-bond acceptors (Lipinski definition) is 4. The Bertz CT molecular complexity index is 519. The second-order valence-electron chi connectivity index (χ2n) is 4.10. The Morgan fingerprint density at radius 1 is 1.24 bits per heavy atom. The Labute approximate surface area is 121 Å². The number of hydrogen-bond donors (Lipinski definition) is 2. The molecule has 1 aromatic rings. The van der Waals surface area contributed by atoms with Crippen molar-refractivity contribution in [1.29, 1.82) is 0 Å². The molecule has 0 radical (unpaired) electrons. The summed E-state index contributed by atoms with van der Waals surface area (Å²) in [6.45, 7) is 1.86. The SMILES string of the molecule is CCOC(=O)CCNC(=O)CNC(=O)c1cccc(F)c1. The van der Waals surface area contributed by atoms with E-state index in [-0.39, 0.29) is 31.7 Å².